The first-order chi connectivity index (χ1) is 10.8. The number of halogens is 2. The zero-order valence-corrected chi connectivity index (χ0v) is 15.7. The summed E-state index contributed by atoms with van der Waals surface area (Å²) in [5.41, 5.74) is 1.07. The number of aliphatic imine (C=N–C) groups is 1. The highest BCUT2D eigenvalue weighted by Gasteiger charge is 2.15. The third-order valence-electron chi connectivity index (χ3n) is 3.84. The normalized spacial score (nSPS) is 13.4. The maximum absolute atomic E-state index is 6.06. The van der Waals surface area contributed by atoms with E-state index in [4.69, 9.17) is 4.74 Å². The first kappa shape index (κ1) is 18.1. The van der Waals surface area contributed by atoms with E-state index < -0.39 is 0 Å². The van der Waals surface area contributed by atoms with Crippen molar-refractivity contribution in [3.05, 3.63) is 40.4 Å². The van der Waals surface area contributed by atoms with Crippen LogP contribution in [0.1, 0.15) is 31.7 Å². The Hall–Kier alpha value is -1.26. The van der Waals surface area contributed by atoms with E-state index in [1.165, 1.54) is 23.6 Å². The Labute approximate surface area is 152 Å². The number of unbranched alkanes of at least 4 members (excludes halogenated alkanes) is 2. The molecule has 1 heterocycles. The topological polar surface area (TPSA) is 33.6 Å². The van der Waals surface area contributed by atoms with Crippen LogP contribution < -0.4 is 10.1 Å². The molecule has 0 saturated heterocycles. The summed E-state index contributed by atoms with van der Waals surface area (Å²) in [5, 5.41) is 5.74. The van der Waals surface area contributed by atoms with Crippen molar-refractivity contribution in [1.29, 1.82) is 0 Å². The number of fused-ring (bicyclic) bond motifs is 1. The molecule has 5 heteroatoms. The second-order valence-corrected chi connectivity index (χ2v) is 6.47. The van der Waals surface area contributed by atoms with E-state index in [2.05, 4.69) is 63.5 Å². The number of amidine groups is 1. The molecule has 1 aliphatic rings. The van der Waals surface area contributed by atoms with Gasteiger partial charge in [0.1, 0.15) is 11.6 Å². The molecule has 0 bridgehead atoms. The van der Waals surface area contributed by atoms with Gasteiger partial charge in [-0.2, -0.15) is 0 Å². The lowest BCUT2D eigenvalue weighted by Gasteiger charge is -2.14. The van der Waals surface area contributed by atoms with Crippen molar-refractivity contribution >= 4 is 44.9 Å². The molecule has 124 valence electrons. The number of nitrogens with zero attached hydrogens (tertiary/aromatic N) is 1. The molecule has 0 atom stereocenters. The lowest BCUT2D eigenvalue weighted by molar-refractivity contribution is 0.306. The Bertz CT molecular complexity index is 703. The minimum atomic E-state index is 0. The van der Waals surface area contributed by atoms with E-state index in [-0.39, 0.29) is 12.4 Å². The molecule has 0 unspecified atom stereocenters. The third-order valence-corrected chi connectivity index (χ3v) is 4.33. The van der Waals surface area contributed by atoms with Crippen LogP contribution in [-0.4, -0.2) is 25.5 Å². The minimum absolute atomic E-state index is 0. The number of nitrogens with one attached hydrogen (secondary N) is 1. The second-order valence-electron chi connectivity index (χ2n) is 5.55. The van der Waals surface area contributed by atoms with Gasteiger partial charge < -0.3 is 10.1 Å². The fourth-order valence-corrected chi connectivity index (χ4v) is 3.04. The predicted molar refractivity (Wildman–Crippen MR) is 103 cm³/mol. The van der Waals surface area contributed by atoms with Gasteiger partial charge in [0.15, 0.2) is 0 Å². The standard InChI is InChI=1S/C18H21BrN2O.ClH/c1-2-3-4-9-22-17-12-13-5-6-15(19)10-14(13)11-16(17)18-20-7-8-21-18;/h5-6,10-12H,2-4,7-9H2,1H3,(H,20,21);1H. The highest BCUT2D eigenvalue weighted by molar-refractivity contribution is 9.10. The summed E-state index contributed by atoms with van der Waals surface area (Å²) in [4.78, 5) is 4.55. The van der Waals surface area contributed by atoms with Crippen molar-refractivity contribution in [2.24, 2.45) is 4.99 Å². The zero-order chi connectivity index (χ0) is 15.4. The van der Waals surface area contributed by atoms with Crippen LogP contribution in [0.5, 0.6) is 5.75 Å². The molecule has 3 nitrogen and oxygen atoms in total. The van der Waals surface area contributed by atoms with Gasteiger partial charge in [-0.1, -0.05) is 41.8 Å². The number of rotatable bonds is 6. The molecular weight excluding hydrogens is 376 g/mol. The maximum atomic E-state index is 6.06. The molecule has 0 amide bonds. The van der Waals surface area contributed by atoms with Crippen LogP contribution in [0.15, 0.2) is 39.8 Å². The fourth-order valence-electron chi connectivity index (χ4n) is 2.66. The van der Waals surface area contributed by atoms with Crippen molar-refractivity contribution in [1.82, 2.24) is 5.32 Å². The van der Waals surface area contributed by atoms with Gasteiger partial charge in [0.05, 0.1) is 18.7 Å². The molecule has 23 heavy (non-hydrogen) atoms. The van der Waals surface area contributed by atoms with Gasteiger partial charge in [0, 0.05) is 11.0 Å². The molecular formula is C18H22BrClN2O. The van der Waals surface area contributed by atoms with Crippen LogP contribution >= 0.6 is 28.3 Å². The summed E-state index contributed by atoms with van der Waals surface area (Å²) in [5.74, 6) is 1.88. The van der Waals surface area contributed by atoms with E-state index in [0.717, 1.165) is 47.7 Å². The Morgan fingerprint density at radius 3 is 2.78 bits per heavy atom. The summed E-state index contributed by atoms with van der Waals surface area (Å²) < 4.78 is 7.14. The Kier molecular flexibility index (Phi) is 6.72. The maximum Gasteiger partial charge on any atom is 0.132 e. The average Bonchev–Trinajstić information content (AvgIpc) is 3.05. The monoisotopic (exact) mass is 396 g/mol. The van der Waals surface area contributed by atoms with Crippen LogP contribution in [0.2, 0.25) is 0 Å². The van der Waals surface area contributed by atoms with Crippen molar-refractivity contribution in [2.45, 2.75) is 26.2 Å². The Balaban J connectivity index is 0.00000192. The van der Waals surface area contributed by atoms with E-state index in [9.17, 15) is 0 Å². The summed E-state index contributed by atoms with van der Waals surface area (Å²) in [7, 11) is 0. The van der Waals surface area contributed by atoms with Gasteiger partial charge in [0.2, 0.25) is 0 Å². The van der Waals surface area contributed by atoms with Crippen LogP contribution in [0.4, 0.5) is 0 Å². The van der Waals surface area contributed by atoms with Crippen molar-refractivity contribution in [3.8, 4) is 5.75 Å². The molecule has 0 fully saturated rings. The van der Waals surface area contributed by atoms with Crippen LogP contribution in [0.25, 0.3) is 10.8 Å². The first-order valence-electron chi connectivity index (χ1n) is 7.93. The van der Waals surface area contributed by atoms with Crippen molar-refractivity contribution in [3.63, 3.8) is 0 Å². The highest BCUT2D eigenvalue weighted by Crippen LogP contribution is 2.29. The molecule has 0 aliphatic carbocycles. The predicted octanol–water partition coefficient (Wildman–Crippen LogP) is 4.94. The molecule has 1 aliphatic heterocycles. The summed E-state index contributed by atoms with van der Waals surface area (Å²) in [6, 6.07) is 10.6. The highest BCUT2D eigenvalue weighted by atomic mass is 79.9. The van der Waals surface area contributed by atoms with Gasteiger partial charge in [-0.05, 0) is 41.5 Å². The molecule has 3 rings (SSSR count). The van der Waals surface area contributed by atoms with Crippen LogP contribution in [-0.2, 0) is 0 Å². The minimum Gasteiger partial charge on any atom is -0.493 e. The van der Waals surface area contributed by atoms with Gasteiger partial charge in [0.25, 0.3) is 0 Å². The summed E-state index contributed by atoms with van der Waals surface area (Å²) in [6.07, 6.45) is 3.50. The molecule has 2 aromatic carbocycles. The largest absolute Gasteiger partial charge is 0.493 e. The van der Waals surface area contributed by atoms with Crippen molar-refractivity contribution in [2.75, 3.05) is 19.7 Å². The summed E-state index contributed by atoms with van der Waals surface area (Å²) >= 11 is 3.54. The Morgan fingerprint density at radius 1 is 1.17 bits per heavy atom. The molecule has 2 aromatic rings. The zero-order valence-electron chi connectivity index (χ0n) is 13.3. The summed E-state index contributed by atoms with van der Waals surface area (Å²) in [6.45, 7) is 4.70. The van der Waals surface area contributed by atoms with Gasteiger partial charge in [-0.15, -0.1) is 12.4 Å². The van der Waals surface area contributed by atoms with Crippen molar-refractivity contribution < 1.29 is 4.74 Å². The lowest BCUT2D eigenvalue weighted by Crippen LogP contribution is -2.20. The van der Waals surface area contributed by atoms with Crippen LogP contribution in [0, 0.1) is 0 Å². The van der Waals surface area contributed by atoms with E-state index >= 15 is 0 Å². The second kappa shape index (κ2) is 8.55. The number of hydrogen-bond donors (Lipinski definition) is 1. The molecule has 1 N–H and O–H groups in total. The van der Waals surface area contributed by atoms with E-state index in [1.54, 1.807) is 0 Å². The number of ether oxygens (including phenoxy) is 1. The lowest BCUT2D eigenvalue weighted by atomic mass is 10.0. The third kappa shape index (κ3) is 4.39. The molecule has 0 radical (unpaired) electrons. The van der Waals surface area contributed by atoms with Gasteiger partial charge in [-0.3, -0.25) is 4.99 Å². The SMILES string of the molecule is CCCCCOc1cc2ccc(Br)cc2cc1C1=NCCN1.Cl. The van der Waals surface area contributed by atoms with Gasteiger partial charge >= 0.3 is 0 Å². The fraction of sp³-hybridized carbons (Fsp3) is 0.389. The molecule has 0 saturated carbocycles. The van der Waals surface area contributed by atoms with E-state index in [1.807, 2.05) is 0 Å². The van der Waals surface area contributed by atoms with Gasteiger partial charge in [-0.25, -0.2) is 0 Å². The molecule has 0 aromatic heterocycles. The number of hydrogen-bond acceptors (Lipinski definition) is 3. The molecule has 0 spiro atoms. The first-order valence-corrected chi connectivity index (χ1v) is 8.72. The Morgan fingerprint density at radius 2 is 2.04 bits per heavy atom. The van der Waals surface area contributed by atoms with Crippen LogP contribution in [0.3, 0.4) is 0 Å². The number of benzene rings is 2. The average molecular weight is 398 g/mol. The smallest absolute Gasteiger partial charge is 0.132 e. The van der Waals surface area contributed by atoms with E-state index in [0.29, 0.717) is 0 Å². The quantitative estimate of drug-likeness (QED) is 0.700.